The molecule has 26 heavy (non-hydrogen) atoms. The predicted molar refractivity (Wildman–Crippen MR) is 103 cm³/mol. The lowest BCUT2D eigenvalue weighted by Crippen LogP contribution is -2.47. The van der Waals surface area contributed by atoms with Gasteiger partial charge >= 0.3 is 0 Å². The molecular weight excluding hydrogens is 326 g/mol. The Morgan fingerprint density at radius 3 is 2.35 bits per heavy atom. The third kappa shape index (κ3) is 3.61. The number of nitrogens with zero attached hydrogens (tertiary/aromatic N) is 1. The SMILES string of the molecule is CC(C)[C@H](NC(=O)c1cn(Cc2ccccc2)c2ccccc12)C(N)=O. The molecule has 0 fully saturated rings. The largest absolute Gasteiger partial charge is 0.368 e. The first-order valence-electron chi connectivity index (χ1n) is 8.69. The van der Waals surface area contributed by atoms with Crippen molar-refractivity contribution < 1.29 is 9.59 Å². The number of aromatic nitrogens is 1. The number of carbonyl (C=O) groups excluding carboxylic acids is 2. The highest BCUT2D eigenvalue weighted by atomic mass is 16.2. The first-order chi connectivity index (χ1) is 12.5. The van der Waals surface area contributed by atoms with Crippen LogP contribution < -0.4 is 11.1 Å². The van der Waals surface area contributed by atoms with E-state index in [1.807, 2.05) is 67.1 Å². The van der Waals surface area contributed by atoms with E-state index in [1.54, 1.807) is 0 Å². The molecule has 134 valence electrons. The maximum atomic E-state index is 12.8. The Balaban J connectivity index is 1.96. The molecule has 3 N–H and O–H groups in total. The van der Waals surface area contributed by atoms with Crippen molar-refractivity contribution in [1.82, 2.24) is 9.88 Å². The predicted octanol–water partition coefficient (Wildman–Crippen LogP) is 2.93. The zero-order valence-corrected chi connectivity index (χ0v) is 15.0. The first kappa shape index (κ1) is 17.7. The second-order valence-electron chi connectivity index (χ2n) is 6.77. The van der Waals surface area contributed by atoms with Crippen LogP contribution >= 0.6 is 0 Å². The second kappa shape index (κ2) is 7.44. The smallest absolute Gasteiger partial charge is 0.254 e. The molecule has 0 aliphatic carbocycles. The number of hydrogen-bond donors (Lipinski definition) is 2. The van der Waals surface area contributed by atoms with E-state index in [0.29, 0.717) is 12.1 Å². The van der Waals surface area contributed by atoms with Gasteiger partial charge in [-0.15, -0.1) is 0 Å². The van der Waals surface area contributed by atoms with Gasteiger partial charge in [0.2, 0.25) is 5.91 Å². The number of nitrogens with two attached hydrogens (primary N) is 1. The number of benzene rings is 2. The van der Waals surface area contributed by atoms with Crippen LogP contribution in [-0.2, 0) is 11.3 Å². The maximum Gasteiger partial charge on any atom is 0.254 e. The highest BCUT2D eigenvalue weighted by molar-refractivity contribution is 6.08. The van der Waals surface area contributed by atoms with Gasteiger partial charge in [-0.3, -0.25) is 9.59 Å². The van der Waals surface area contributed by atoms with E-state index < -0.39 is 11.9 Å². The van der Waals surface area contributed by atoms with Gasteiger partial charge in [-0.2, -0.15) is 0 Å². The molecule has 0 radical (unpaired) electrons. The van der Waals surface area contributed by atoms with E-state index >= 15 is 0 Å². The van der Waals surface area contributed by atoms with Crippen LogP contribution in [0.1, 0.15) is 29.8 Å². The molecule has 5 nitrogen and oxygen atoms in total. The van der Waals surface area contributed by atoms with E-state index in [4.69, 9.17) is 5.73 Å². The normalized spacial score (nSPS) is 12.3. The summed E-state index contributed by atoms with van der Waals surface area (Å²) < 4.78 is 2.05. The fourth-order valence-corrected chi connectivity index (χ4v) is 3.12. The number of amides is 2. The van der Waals surface area contributed by atoms with Gasteiger partial charge in [-0.25, -0.2) is 0 Å². The van der Waals surface area contributed by atoms with Crippen LogP contribution in [-0.4, -0.2) is 22.4 Å². The third-order valence-corrected chi connectivity index (χ3v) is 4.49. The molecular formula is C21H23N3O2. The van der Waals surface area contributed by atoms with Gasteiger partial charge in [0.25, 0.3) is 5.91 Å². The molecule has 0 aliphatic heterocycles. The van der Waals surface area contributed by atoms with Crippen molar-refractivity contribution in [3.8, 4) is 0 Å². The Kier molecular flexibility index (Phi) is 5.07. The van der Waals surface area contributed by atoms with Crippen LogP contribution in [0.3, 0.4) is 0 Å². The molecule has 2 aromatic carbocycles. The van der Waals surface area contributed by atoms with E-state index in [2.05, 4.69) is 17.4 Å². The molecule has 1 aromatic heterocycles. The molecule has 0 saturated heterocycles. The molecule has 2 amide bonds. The van der Waals surface area contributed by atoms with Gasteiger partial charge < -0.3 is 15.6 Å². The van der Waals surface area contributed by atoms with Gasteiger partial charge in [0.05, 0.1) is 5.56 Å². The molecule has 0 saturated carbocycles. The minimum Gasteiger partial charge on any atom is -0.368 e. The molecule has 5 heteroatoms. The fourth-order valence-electron chi connectivity index (χ4n) is 3.12. The summed E-state index contributed by atoms with van der Waals surface area (Å²) in [6.45, 7) is 4.38. The van der Waals surface area contributed by atoms with Crippen molar-refractivity contribution in [2.24, 2.45) is 11.7 Å². The summed E-state index contributed by atoms with van der Waals surface area (Å²) in [5.74, 6) is -0.888. The second-order valence-corrected chi connectivity index (χ2v) is 6.77. The van der Waals surface area contributed by atoms with Crippen LogP contribution in [0.25, 0.3) is 10.9 Å². The Morgan fingerprint density at radius 1 is 1.04 bits per heavy atom. The lowest BCUT2D eigenvalue weighted by molar-refractivity contribution is -0.120. The van der Waals surface area contributed by atoms with Crippen molar-refractivity contribution in [2.75, 3.05) is 0 Å². The molecule has 0 aliphatic rings. The van der Waals surface area contributed by atoms with Gasteiger partial charge in [0.15, 0.2) is 0 Å². The summed E-state index contributed by atoms with van der Waals surface area (Å²) in [6, 6.07) is 17.1. The molecule has 1 atom stereocenters. The molecule has 0 spiro atoms. The van der Waals surface area contributed by atoms with Crippen LogP contribution in [0.4, 0.5) is 0 Å². The summed E-state index contributed by atoms with van der Waals surface area (Å²) >= 11 is 0. The number of primary amides is 1. The number of carbonyl (C=O) groups is 2. The summed E-state index contributed by atoms with van der Waals surface area (Å²) in [5, 5.41) is 3.63. The van der Waals surface area contributed by atoms with E-state index in [1.165, 1.54) is 0 Å². The lowest BCUT2D eigenvalue weighted by Gasteiger charge is -2.18. The third-order valence-electron chi connectivity index (χ3n) is 4.49. The van der Waals surface area contributed by atoms with Gasteiger partial charge in [-0.1, -0.05) is 62.4 Å². The van der Waals surface area contributed by atoms with Gasteiger partial charge in [0.1, 0.15) is 6.04 Å². The van der Waals surface area contributed by atoms with Gasteiger partial charge in [-0.05, 0) is 17.5 Å². The monoisotopic (exact) mass is 349 g/mol. The minimum atomic E-state index is -0.696. The van der Waals surface area contributed by atoms with Crippen molar-refractivity contribution in [3.63, 3.8) is 0 Å². The van der Waals surface area contributed by atoms with Gasteiger partial charge in [0, 0.05) is 23.6 Å². The van der Waals surface area contributed by atoms with Crippen molar-refractivity contribution in [3.05, 3.63) is 71.9 Å². The molecule has 0 bridgehead atoms. The number of nitrogens with one attached hydrogen (secondary N) is 1. The molecule has 3 aromatic rings. The number of fused-ring (bicyclic) bond motifs is 1. The van der Waals surface area contributed by atoms with E-state index in [9.17, 15) is 9.59 Å². The maximum absolute atomic E-state index is 12.8. The summed E-state index contributed by atoms with van der Waals surface area (Å²) in [5.41, 5.74) is 8.09. The Morgan fingerprint density at radius 2 is 1.69 bits per heavy atom. The molecule has 0 unspecified atom stereocenters. The van der Waals surface area contributed by atoms with Crippen LogP contribution in [0, 0.1) is 5.92 Å². The topological polar surface area (TPSA) is 77.1 Å². The quantitative estimate of drug-likeness (QED) is 0.718. The highest BCUT2D eigenvalue weighted by Gasteiger charge is 2.24. The van der Waals surface area contributed by atoms with Crippen molar-refractivity contribution >= 4 is 22.7 Å². The van der Waals surface area contributed by atoms with Crippen LogP contribution in [0.2, 0.25) is 0 Å². The summed E-state index contributed by atoms with van der Waals surface area (Å²) in [4.78, 5) is 24.4. The summed E-state index contributed by atoms with van der Waals surface area (Å²) in [7, 11) is 0. The van der Waals surface area contributed by atoms with E-state index in [-0.39, 0.29) is 11.8 Å². The zero-order chi connectivity index (χ0) is 18.7. The lowest BCUT2D eigenvalue weighted by atomic mass is 10.0. The minimum absolute atomic E-state index is 0.0749. The van der Waals surface area contributed by atoms with Crippen molar-refractivity contribution in [1.29, 1.82) is 0 Å². The first-order valence-corrected chi connectivity index (χ1v) is 8.69. The molecule has 1 heterocycles. The van der Waals surface area contributed by atoms with Crippen LogP contribution in [0.15, 0.2) is 60.8 Å². The Labute approximate surface area is 152 Å². The van der Waals surface area contributed by atoms with Crippen molar-refractivity contribution in [2.45, 2.75) is 26.4 Å². The Hall–Kier alpha value is -3.08. The van der Waals surface area contributed by atoms with Crippen LogP contribution in [0.5, 0.6) is 0 Å². The van der Waals surface area contributed by atoms with E-state index in [0.717, 1.165) is 16.5 Å². The summed E-state index contributed by atoms with van der Waals surface area (Å²) in [6.07, 6.45) is 1.84. The average Bonchev–Trinajstić information content (AvgIpc) is 2.99. The Bertz CT molecular complexity index is 929. The number of para-hydroxylation sites is 1. The fraction of sp³-hybridized carbons (Fsp3) is 0.238. The number of rotatable bonds is 6. The standard InChI is InChI=1S/C21H23N3O2/c1-14(2)19(20(22)25)23-21(26)17-13-24(12-15-8-4-3-5-9-15)18-11-7-6-10-16(17)18/h3-11,13-14,19H,12H2,1-2H3,(H2,22,25)(H,23,26)/t19-/m0/s1. The highest BCUT2D eigenvalue weighted by Crippen LogP contribution is 2.23. The zero-order valence-electron chi connectivity index (χ0n) is 15.0. The molecule has 3 rings (SSSR count). The average molecular weight is 349 g/mol. The number of hydrogen-bond acceptors (Lipinski definition) is 2.